The van der Waals surface area contributed by atoms with Crippen molar-refractivity contribution in [1.82, 2.24) is 5.32 Å². The van der Waals surface area contributed by atoms with E-state index >= 15 is 0 Å². The van der Waals surface area contributed by atoms with Crippen molar-refractivity contribution in [2.24, 2.45) is 16.6 Å². The van der Waals surface area contributed by atoms with Crippen LogP contribution in [0, 0.1) is 5.92 Å². The molecule has 0 aromatic heterocycles. The van der Waals surface area contributed by atoms with E-state index in [1.807, 2.05) is 13.8 Å². The van der Waals surface area contributed by atoms with Gasteiger partial charge >= 0.3 is 6.09 Å². The molecule has 1 heterocycles. The van der Waals surface area contributed by atoms with E-state index in [4.69, 9.17) is 10.5 Å². The Morgan fingerprint density at radius 1 is 1.43 bits per heavy atom. The number of carbonyl (C=O) groups excluding carboxylic acids is 3. The molecule has 1 atom stereocenters. The molecule has 3 N–H and O–H groups in total. The quantitative estimate of drug-likeness (QED) is 0.761. The fraction of sp³-hybridized carbons (Fsp3) is 0.714. The van der Waals surface area contributed by atoms with Crippen LogP contribution in [0.3, 0.4) is 0 Å². The number of rotatable bonds is 3. The monoisotopic (exact) mass is 297 g/mol. The molecule has 1 unspecified atom stereocenters. The molecule has 1 aliphatic rings. The summed E-state index contributed by atoms with van der Waals surface area (Å²) < 4.78 is 5.02. The highest BCUT2D eigenvalue weighted by molar-refractivity contribution is 6.40. The topological polar surface area (TPSA) is 111 Å². The van der Waals surface area contributed by atoms with Gasteiger partial charge in [0.05, 0.1) is 0 Å². The second-order valence-electron chi connectivity index (χ2n) is 6.88. The zero-order valence-corrected chi connectivity index (χ0v) is 13.1. The van der Waals surface area contributed by atoms with Crippen molar-refractivity contribution in [3.05, 3.63) is 0 Å². The predicted octanol–water partition coefficient (Wildman–Crippen LogP) is 1.15. The maximum atomic E-state index is 11.8. The van der Waals surface area contributed by atoms with Crippen LogP contribution >= 0.6 is 0 Å². The van der Waals surface area contributed by atoms with Crippen molar-refractivity contribution in [3.63, 3.8) is 0 Å². The normalized spacial score (nSPS) is 21.9. The second-order valence-corrected chi connectivity index (χ2v) is 6.88. The summed E-state index contributed by atoms with van der Waals surface area (Å²) in [5, 5.41) is 2.82. The van der Waals surface area contributed by atoms with Gasteiger partial charge in [0, 0.05) is 17.9 Å². The minimum Gasteiger partial charge on any atom is -0.442 e. The van der Waals surface area contributed by atoms with E-state index in [0.717, 1.165) is 0 Å². The summed E-state index contributed by atoms with van der Waals surface area (Å²) in [5.74, 6) is -1.41. The van der Waals surface area contributed by atoms with Gasteiger partial charge in [0.2, 0.25) is 5.91 Å². The fourth-order valence-corrected chi connectivity index (χ4v) is 2.19. The first kappa shape index (κ1) is 17.1. The molecule has 7 heteroatoms. The summed E-state index contributed by atoms with van der Waals surface area (Å²) >= 11 is 0. The van der Waals surface area contributed by atoms with E-state index in [1.54, 1.807) is 20.8 Å². The molecule has 0 aromatic rings. The Kier molecular flexibility index (Phi) is 4.76. The molecule has 0 aliphatic carbocycles. The number of primary amides is 1. The van der Waals surface area contributed by atoms with Crippen LogP contribution in [0.2, 0.25) is 0 Å². The molecule has 1 rings (SSSR count). The largest absolute Gasteiger partial charge is 0.442 e. The zero-order chi connectivity index (χ0) is 16.4. The van der Waals surface area contributed by atoms with Gasteiger partial charge in [-0.2, -0.15) is 4.99 Å². The zero-order valence-electron chi connectivity index (χ0n) is 13.1. The number of carbonyl (C=O) groups is 3. The highest BCUT2D eigenvalue weighted by Crippen LogP contribution is 2.27. The molecule has 21 heavy (non-hydrogen) atoms. The SMILES string of the molecule is CC1(C)CC(CC(=NC(=O)OC(C)(C)C)C(N)=O)C(=O)N1. The first-order chi connectivity index (χ1) is 9.39. The predicted molar refractivity (Wildman–Crippen MR) is 77.8 cm³/mol. The van der Waals surface area contributed by atoms with Crippen molar-refractivity contribution in [2.45, 2.75) is 58.6 Å². The lowest BCUT2D eigenvalue weighted by Crippen LogP contribution is -2.35. The minimum absolute atomic E-state index is 0.0316. The average Bonchev–Trinajstić information content (AvgIpc) is 2.47. The molecule has 118 valence electrons. The van der Waals surface area contributed by atoms with Gasteiger partial charge in [0.1, 0.15) is 11.3 Å². The molecule has 1 fully saturated rings. The van der Waals surface area contributed by atoms with Crippen molar-refractivity contribution in [1.29, 1.82) is 0 Å². The number of ether oxygens (including phenoxy) is 1. The molecule has 0 saturated carbocycles. The van der Waals surface area contributed by atoms with Gasteiger partial charge in [-0.25, -0.2) is 4.79 Å². The van der Waals surface area contributed by atoms with Crippen molar-refractivity contribution in [2.75, 3.05) is 0 Å². The highest BCUT2D eigenvalue weighted by atomic mass is 16.6. The first-order valence-corrected chi connectivity index (χ1v) is 6.82. The molecular weight excluding hydrogens is 274 g/mol. The van der Waals surface area contributed by atoms with Crippen LogP contribution in [0.25, 0.3) is 0 Å². The lowest BCUT2D eigenvalue weighted by molar-refractivity contribution is -0.122. The number of amides is 3. The van der Waals surface area contributed by atoms with Crippen LogP contribution in [-0.4, -0.2) is 34.8 Å². The van der Waals surface area contributed by atoms with E-state index in [1.165, 1.54) is 0 Å². The maximum Gasteiger partial charge on any atom is 0.434 e. The Balaban J connectivity index is 2.82. The summed E-state index contributed by atoms with van der Waals surface area (Å²) in [6.45, 7) is 8.85. The summed E-state index contributed by atoms with van der Waals surface area (Å²) in [6, 6.07) is 0. The second kappa shape index (κ2) is 5.83. The third-order valence-electron chi connectivity index (χ3n) is 2.93. The summed E-state index contributed by atoms with van der Waals surface area (Å²) in [7, 11) is 0. The third kappa shape index (κ3) is 5.53. The van der Waals surface area contributed by atoms with Gasteiger partial charge in [-0.1, -0.05) is 0 Å². The third-order valence-corrected chi connectivity index (χ3v) is 2.93. The minimum atomic E-state index is -0.881. The number of nitrogens with two attached hydrogens (primary N) is 1. The Labute approximate surface area is 124 Å². The van der Waals surface area contributed by atoms with E-state index in [-0.39, 0.29) is 23.6 Å². The maximum absolute atomic E-state index is 11.8. The number of aliphatic imine (C=N–C) groups is 1. The van der Waals surface area contributed by atoms with Crippen LogP contribution in [0.15, 0.2) is 4.99 Å². The van der Waals surface area contributed by atoms with Crippen molar-refractivity contribution in [3.8, 4) is 0 Å². The van der Waals surface area contributed by atoms with Gasteiger partial charge in [-0.15, -0.1) is 0 Å². The van der Waals surface area contributed by atoms with Gasteiger partial charge < -0.3 is 15.8 Å². The Morgan fingerprint density at radius 2 is 2.00 bits per heavy atom. The molecule has 7 nitrogen and oxygen atoms in total. The van der Waals surface area contributed by atoms with Crippen LogP contribution in [0.1, 0.15) is 47.5 Å². The van der Waals surface area contributed by atoms with Gasteiger partial charge in [0.15, 0.2) is 0 Å². The number of nitrogens with one attached hydrogen (secondary N) is 1. The molecule has 1 aliphatic heterocycles. The molecule has 1 saturated heterocycles. The van der Waals surface area contributed by atoms with E-state index < -0.39 is 23.5 Å². The molecular formula is C14H23N3O4. The Hall–Kier alpha value is -1.92. The lowest BCUT2D eigenvalue weighted by atomic mass is 9.92. The molecule has 0 spiro atoms. The van der Waals surface area contributed by atoms with Crippen LogP contribution in [0.5, 0.6) is 0 Å². The van der Waals surface area contributed by atoms with Crippen molar-refractivity contribution >= 4 is 23.6 Å². The molecule has 3 amide bonds. The van der Waals surface area contributed by atoms with Crippen molar-refractivity contribution < 1.29 is 19.1 Å². The molecule has 0 bridgehead atoms. The van der Waals surface area contributed by atoms with E-state index in [2.05, 4.69) is 10.3 Å². The van der Waals surface area contributed by atoms with Crippen LogP contribution in [0.4, 0.5) is 4.79 Å². The Bertz CT molecular complexity index is 489. The standard InChI is InChI=1S/C14H23N3O4/c1-13(2,3)21-12(20)16-9(10(15)18)6-8-7-14(4,5)17-11(8)19/h8H,6-7H2,1-5H3,(H2,15,18)(H,17,19). The first-order valence-electron chi connectivity index (χ1n) is 6.82. The lowest BCUT2D eigenvalue weighted by Gasteiger charge is -2.18. The fourth-order valence-electron chi connectivity index (χ4n) is 2.19. The Morgan fingerprint density at radius 3 is 2.38 bits per heavy atom. The summed E-state index contributed by atoms with van der Waals surface area (Å²) in [6.07, 6.45) is -0.301. The highest BCUT2D eigenvalue weighted by Gasteiger charge is 2.38. The van der Waals surface area contributed by atoms with Gasteiger partial charge in [-0.05, 0) is 41.0 Å². The van der Waals surface area contributed by atoms with Gasteiger partial charge in [0.25, 0.3) is 5.91 Å². The number of nitrogens with zero attached hydrogens (tertiary/aromatic N) is 1. The van der Waals surface area contributed by atoms with Crippen LogP contribution < -0.4 is 11.1 Å². The van der Waals surface area contributed by atoms with E-state index in [9.17, 15) is 14.4 Å². The van der Waals surface area contributed by atoms with E-state index in [0.29, 0.717) is 6.42 Å². The number of hydrogen-bond donors (Lipinski definition) is 2. The smallest absolute Gasteiger partial charge is 0.434 e. The number of hydrogen-bond acceptors (Lipinski definition) is 4. The molecule has 0 aromatic carbocycles. The average molecular weight is 297 g/mol. The molecule has 0 radical (unpaired) electrons. The van der Waals surface area contributed by atoms with Gasteiger partial charge in [-0.3, -0.25) is 9.59 Å². The van der Waals surface area contributed by atoms with Crippen LogP contribution in [-0.2, 0) is 14.3 Å². The summed E-state index contributed by atoms with van der Waals surface area (Å²) in [4.78, 5) is 38.5. The summed E-state index contributed by atoms with van der Waals surface area (Å²) in [5.41, 5.74) is 4.04.